The fourth-order valence-corrected chi connectivity index (χ4v) is 1.80. The zero-order valence-electron chi connectivity index (χ0n) is 11.4. The Kier molecular flexibility index (Phi) is 5.79. The van der Waals surface area contributed by atoms with Crippen molar-refractivity contribution < 1.29 is 13.5 Å². The van der Waals surface area contributed by atoms with Gasteiger partial charge in [0.25, 0.3) is 0 Å². The summed E-state index contributed by atoms with van der Waals surface area (Å²) < 4.78 is 29.0. The molecule has 0 aromatic heterocycles. The van der Waals surface area contributed by atoms with Gasteiger partial charge in [-0.15, -0.1) is 0 Å². The summed E-state index contributed by atoms with van der Waals surface area (Å²) in [6.07, 6.45) is 1.36. The zero-order chi connectivity index (χ0) is 15.8. The molecule has 0 aliphatic heterocycles. The van der Waals surface area contributed by atoms with Crippen LogP contribution in [0.3, 0.4) is 0 Å². The normalized spacial score (nSPS) is 10.7. The van der Waals surface area contributed by atoms with Gasteiger partial charge in [0.15, 0.2) is 5.11 Å². The molecule has 0 unspecified atom stereocenters. The minimum Gasteiger partial charge on any atom is -0.434 e. The monoisotopic (exact) mass is 321 g/mol. The lowest BCUT2D eigenvalue weighted by molar-refractivity contribution is -0.0499. The van der Waals surface area contributed by atoms with Crippen LogP contribution in [0.1, 0.15) is 5.56 Å². The van der Waals surface area contributed by atoms with Crippen molar-refractivity contribution in [1.29, 1.82) is 0 Å². The zero-order valence-corrected chi connectivity index (χ0v) is 12.2. The molecule has 0 amide bonds. The summed E-state index contributed by atoms with van der Waals surface area (Å²) in [4.78, 5) is 0. The Labute approximate surface area is 131 Å². The van der Waals surface area contributed by atoms with Gasteiger partial charge in [0.1, 0.15) is 5.75 Å². The smallest absolute Gasteiger partial charge is 0.387 e. The van der Waals surface area contributed by atoms with E-state index in [-0.39, 0.29) is 10.9 Å². The maximum atomic E-state index is 12.3. The topological polar surface area (TPSA) is 45.6 Å². The average molecular weight is 321 g/mol. The molecule has 2 N–H and O–H groups in total. The molecule has 22 heavy (non-hydrogen) atoms. The Morgan fingerprint density at radius 3 is 2.50 bits per heavy atom. The maximum Gasteiger partial charge on any atom is 0.387 e. The Morgan fingerprint density at radius 1 is 1.09 bits per heavy atom. The minimum atomic E-state index is -2.89. The number of thiocarbonyl (C=S) groups is 1. The summed E-state index contributed by atoms with van der Waals surface area (Å²) in [5.41, 5.74) is 3.84. The number of benzene rings is 2. The van der Waals surface area contributed by atoms with E-state index in [1.165, 1.54) is 12.3 Å². The van der Waals surface area contributed by atoms with Gasteiger partial charge in [-0.2, -0.15) is 13.9 Å². The van der Waals surface area contributed by atoms with Crippen LogP contribution in [-0.4, -0.2) is 17.9 Å². The molecule has 0 aliphatic carbocycles. The second-order valence-corrected chi connectivity index (χ2v) is 4.51. The molecule has 0 heterocycles. The van der Waals surface area contributed by atoms with Crippen molar-refractivity contribution in [3.05, 3.63) is 60.2 Å². The van der Waals surface area contributed by atoms with Gasteiger partial charge in [-0.3, -0.25) is 5.43 Å². The Morgan fingerprint density at radius 2 is 1.77 bits per heavy atom. The quantitative estimate of drug-likeness (QED) is 0.502. The van der Waals surface area contributed by atoms with Crippen LogP contribution in [0.4, 0.5) is 14.5 Å². The van der Waals surface area contributed by atoms with Crippen molar-refractivity contribution in [2.24, 2.45) is 5.10 Å². The summed E-state index contributed by atoms with van der Waals surface area (Å²) >= 11 is 5.07. The second kappa shape index (κ2) is 8.04. The Bertz CT molecular complexity index is 650. The number of nitrogens with one attached hydrogen (secondary N) is 2. The summed E-state index contributed by atoms with van der Waals surface area (Å²) in [7, 11) is 0. The predicted molar refractivity (Wildman–Crippen MR) is 86.5 cm³/mol. The highest BCUT2D eigenvalue weighted by atomic mass is 32.1. The highest BCUT2D eigenvalue weighted by molar-refractivity contribution is 7.80. The number of nitrogens with zero attached hydrogens (tertiary/aromatic N) is 1. The summed E-state index contributed by atoms with van der Waals surface area (Å²) in [6, 6.07) is 15.7. The molecule has 2 aromatic carbocycles. The predicted octanol–water partition coefficient (Wildman–Crippen LogP) is 3.61. The molecule has 2 rings (SSSR count). The molecular weight excluding hydrogens is 308 g/mol. The molecule has 114 valence electrons. The van der Waals surface area contributed by atoms with E-state index in [1.54, 1.807) is 18.2 Å². The third-order valence-corrected chi connectivity index (χ3v) is 2.73. The van der Waals surface area contributed by atoms with Gasteiger partial charge < -0.3 is 10.1 Å². The van der Waals surface area contributed by atoms with Crippen molar-refractivity contribution in [3.63, 3.8) is 0 Å². The molecular formula is C15H13F2N3OS. The lowest BCUT2D eigenvalue weighted by Crippen LogP contribution is -2.23. The van der Waals surface area contributed by atoms with E-state index in [0.717, 1.165) is 5.69 Å². The molecule has 7 heteroatoms. The first-order valence-corrected chi connectivity index (χ1v) is 6.75. The largest absolute Gasteiger partial charge is 0.434 e. The van der Waals surface area contributed by atoms with Crippen molar-refractivity contribution in [2.45, 2.75) is 6.61 Å². The minimum absolute atomic E-state index is 0.0463. The third-order valence-electron chi connectivity index (χ3n) is 2.54. The number of ether oxygens (including phenoxy) is 1. The van der Waals surface area contributed by atoms with Gasteiger partial charge in [0, 0.05) is 11.3 Å². The van der Waals surface area contributed by atoms with Crippen LogP contribution in [0.15, 0.2) is 59.7 Å². The lowest BCUT2D eigenvalue weighted by Gasteiger charge is -2.08. The van der Waals surface area contributed by atoms with Crippen LogP contribution in [0.2, 0.25) is 0 Å². The number of para-hydroxylation sites is 2. The Balaban J connectivity index is 1.93. The third kappa shape index (κ3) is 5.10. The van der Waals surface area contributed by atoms with Crippen LogP contribution in [0.5, 0.6) is 5.75 Å². The van der Waals surface area contributed by atoms with E-state index in [1.807, 2.05) is 30.3 Å². The van der Waals surface area contributed by atoms with Crippen molar-refractivity contribution in [3.8, 4) is 5.75 Å². The van der Waals surface area contributed by atoms with Gasteiger partial charge in [-0.25, -0.2) is 0 Å². The first kappa shape index (κ1) is 15.8. The average Bonchev–Trinajstić information content (AvgIpc) is 2.49. The van der Waals surface area contributed by atoms with Crippen LogP contribution in [0, 0.1) is 0 Å². The molecule has 0 aliphatic rings. The van der Waals surface area contributed by atoms with E-state index in [0.29, 0.717) is 5.56 Å². The molecule has 4 nitrogen and oxygen atoms in total. The van der Waals surface area contributed by atoms with Gasteiger partial charge in [-0.1, -0.05) is 30.3 Å². The van der Waals surface area contributed by atoms with E-state index in [4.69, 9.17) is 12.2 Å². The number of rotatable bonds is 5. The molecule has 0 atom stereocenters. The van der Waals surface area contributed by atoms with Gasteiger partial charge in [0.05, 0.1) is 6.21 Å². The van der Waals surface area contributed by atoms with Crippen LogP contribution in [-0.2, 0) is 0 Å². The van der Waals surface area contributed by atoms with Crippen molar-refractivity contribution in [2.75, 3.05) is 5.32 Å². The van der Waals surface area contributed by atoms with Crippen LogP contribution in [0.25, 0.3) is 0 Å². The molecule has 0 spiro atoms. The molecule has 0 fully saturated rings. The van der Waals surface area contributed by atoms with Gasteiger partial charge >= 0.3 is 6.61 Å². The number of alkyl halides is 2. The number of halogens is 2. The highest BCUT2D eigenvalue weighted by Crippen LogP contribution is 2.18. The van der Waals surface area contributed by atoms with E-state index in [9.17, 15) is 8.78 Å². The highest BCUT2D eigenvalue weighted by Gasteiger charge is 2.07. The van der Waals surface area contributed by atoms with E-state index in [2.05, 4.69) is 20.6 Å². The number of hydrogen-bond donors (Lipinski definition) is 2. The Hall–Kier alpha value is -2.54. The molecule has 0 bridgehead atoms. The summed E-state index contributed by atoms with van der Waals surface area (Å²) in [6.45, 7) is -2.89. The molecule has 2 aromatic rings. The standard InChI is InChI=1S/C15H13F2N3OS/c16-14(17)21-13-9-5-4-6-11(13)10-18-20-15(22)19-12-7-2-1-3-8-12/h1-10,14H,(H2,19,20,22). The molecule has 0 saturated heterocycles. The number of hydrogen-bond acceptors (Lipinski definition) is 3. The SMILES string of the molecule is FC(F)Oc1ccccc1C=NNC(=S)Nc1ccccc1. The first-order valence-electron chi connectivity index (χ1n) is 6.34. The lowest BCUT2D eigenvalue weighted by atomic mass is 10.2. The number of anilines is 1. The number of hydrazone groups is 1. The first-order chi connectivity index (χ1) is 10.6. The summed E-state index contributed by atoms with van der Waals surface area (Å²) in [5, 5.41) is 7.12. The fourth-order valence-electron chi connectivity index (χ4n) is 1.63. The van der Waals surface area contributed by atoms with Crippen LogP contribution >= 0.6 is 12.2 Å². The maximum absolute atomic E-state index is 12.3. The van der Waals surface area contributed by atoms with Crippen molar-refractivity contribution >= 4 is 29.2 Å². The van der Waals surface area contributed by atoms with Gasteiger partial charge in [-0.05, 0) is 36.5 Å². The van der Waals surface area contributed by atoms with Crippen molar-refractivity contribution in [1.82, 2.24) is 5.43 Å². The van der Waals surface area contributed by atoms with E-state index >= 15 is 0 Å². The molecule has 0 saturated carbocycles. The molecule has 0 radical (unpaired) electrons. The van der Waals surface area contributed by atoms with Gasteiger partial charge in [0.2, 0.25) is 0 Å². The summed E-state index contributed by atoms with van der Waals surface area (Å²) in [5.74, 6) is 0.0463. The van der Waals surface area contributed by atoms with E-state index < -0.39 is 6.61 Å². The second-order valence-electron chi connectivity index (χ2n) is 4.11. The van der Waals surface area contributed by atoms with Crippen LogP contribution < -0.4 is 15.5 Å². The fraction of sp³-hybridized carbons (Fsp3) is 0.0667.